The monoisotopic (exact) mass is 194 g/mol. The summed E-state index contributed by atoms with van der Waals surface area (Å²) in [7, 11) is 0. The molecule has 0 saturated heterocycles. The molecular formula is C11H18N2O. The van der Waals surface area contributed by atoms with Crippen molar-refractivity contribution in [3.8, 4) is 0 Å². The van der Waals surface area contributed by atoms with Crippen LogP contribution >= 0.6 is 0 Å². The molecule has 14 heavy (non-hydrogen) atoms. The number of aryl methyl sites for hydroxylation is 1. The van der Waals surface area contributed by atoms with Crippen LogP contribution in [0.4, 0.5) is 0 Å². The van der Waals surface area contributed by atoms with Gasteiger partial charge in [0, 0.05) is 0 Å². The minimum absolute atomic E-state index is 0.394. The van der Waals surface area contributed by atoms with Gasteiger partial charge in [-0.3, -0.25) is 0 Å². The Hall–Kier alpha value is -1.64. The predicted molar refractivity (Wildman–Crippen MR) is 61.2 cm³/mol. The average Bonchev–Trinajstić information content (AvgIpc) is 2.51. The Balaban J connectivity index is 0.000000791. The third-order valence-electron chi connectivity index (χ3n) is 1.53. The summed E-state index contributed by atoms with van der Waals surface area (Å²) >= 11 is 0. The molecule has 4 N–H and O–H groups in total. The van der Waals surface area contributed by atoms with E-state index in [9.17, 15) is 0 Å². The molecule has 0 radical (unpaired) electrons. The minimum Gasteiger partial charge on any atom is -0.453 e. The summed E-state index contributed by atoms with van der Waals surface area (Å²) in [5, 5.41) is 0. The highest BCUT2D eigenvalue weighted by Gasteiger charge is 2.08. The van der Waals surface area contributed by atoms with Crippen molar-refractivity contribution in [2.75, 3.05) is 0 Å². The van der Waals surface area contributed by atoms with Gasteiger partial charge in [0.2, 0.25) is 0 Å². The zero-order valence-corrected chi connectivity index (χ0v) is 9.05. The quantitative estimate of drug-likeness (QED) is 0.760. The summed E-state index contributed by atoms with van der Waals surface area (Å²) in [6, 6.07) is 1.79. The Kier molecular flexibility index (Phi) is 4.56. The van der Waals surface area contributed by atoms with Crippen molar-refractivity contribution >= 4 is 11.4 Å². The lowest BCUT2D eigenvalue weighted by atomic mass is 10.2. The molecule has 0 aliphatic heterocycles. The molecule has 0 aliphatic rings. The molecule has 1 aromatic rings. The van der Waals surface area contributed by atoms with Crippen molar-refractivity contribution < 1.29 is 4.42 Å². The van der Waals surface area contributed by atoms with E-state index in [1.807, 2.05) is 20.8 Å². The van der Waals surface area contributed by atoms with Gasteiger partial charge in [0.25, 0.3) is 0 Å². The molecule has 3 nitrogen and oxygen atoms in total. The highest BCUT2D eigenvalue weighted by atomic mass is 16.3. The number of nitrogens with two attached hydrogens (primary N) is 2. The zero-order valence-electron chi connectivity index (χ0n) is 9.05. The average molecular weight is 194 g/mol. The largest absolute Gasteiger partial charge is 0.453 e. The van der Waals surface area contributed by atoms with Crippen LogP contribution in [0.2, 0.25) is 0 Å². The lowest BCUT2D eigenvalue weighted by Crippen LogP contribution is -1.93. The SMILES string of the molecule is C=C(N)c1cc(C)c(C(=C)N)o1.CC. The van der Waals surface area contributed by atoms with E-state index >= 15 is 0 Å². The van der Waals surface area contributed by atoms with E-state index in [2.05, 4.69) is 13.2 Å². The van der Waals surface area contributed by atoms with E-state index in [4.69, 9.17) is 15.9 Å². The van der Waals surface area contributed by atoms with Crippen LogP contribution in [0.3, 0.4) is 0 Å². The molecule has 0 atom stereocenters. The van der Waals surface area contributed by atoms with Crippen molar-refractivity contribution in [1.29, 1.82) is 0 Å². The summed E-state index contributed by atoms with van der Waals surface area (Å²) < 4.78 is 5.29. The molecule has 1 heterocycles. The van der Waals surface area contributed by atoms with Crippen molar-refractivity contribution in [2.45, 2.75) is 20.8 Å². The summed E-state index contributed by atoms with van der Waals surface area (Å²) in [4.78, 5) is 0. The van der Waals surface area contributed by atoms with Gasteiger partial charge in [-0.15, -0.1) is 0 Å². The molecule has 0 saturated carbocycles. The highest BCUT2D eigenvalue weighted by molar-refractivity contribution is 5.63. The van der Waals surface area contributed by atoms with Gasteiger partial charge in [-0.05, 0) is 18.6 Å². The van der Waals surface area contributed by atoms with Gasteiger partial charge in [-0.1, -0.05) is 27.0 Å². The molecule has 0 bridgehead atoms. The Bertz CT molecular complexity index is 337. The number of hydrogen-bond acceptors (Lipinski definition) is 3. The van der Waals surface area contributed by atoms with Crippen molar-refractivity contribution in [3.63, 3.8) is 0 Å². The topological polar surface area (TPSA) is 65.2 Å². The van der Waals surface area contributed by atoms with E-state index < -0.39 is 0 Å². The summed E-state index contributed by atoms with van der Waals surface area (Å²) in [5.41, 5.74) is 12.6. The van der Waals surface area contributed by atoms with Gasteiger partial charge in [-0.2, -0.15) is 0 Å². The molecule has 3 heteroatoms. The number of hydrogen-bond donors (Lipinski definition) is 2. The zero-order chi connectivity index (χ0) is 11.3. The minimum atomic E-state index is 0.394. The normalized spacial score (nSPS) is 8.79. The highest BCUT2D eigenvalue weighted by Crippen LogP contribution is 2.20. The predicted octanol–water partition coefficient (Wildman–Crippen LogP) is 2.47. The van der Waals surface area contributed by atoms with Crippen LogP contribution in [0.5, 0.6) is 0 Å². The van der Waals surface area contributed by atoms with Gasteiger partial charge < -0.3 is 15.9 Å². The fraction of sp³-hybridized carbons (Fsp3) is 0.273. The third-order valence-corrected chi connectivity index (χ3v) is 1.53. The molecular weight excluding hydrogens is 176 g/mol. The first-order valence-corrected chi connectivity index (χ1v) is 4.52. The van der Waals surface area contributed by atoms with E-state index in [0.29, 0.717) is 22.9 Å². The van der Waals surface area contributed by atoms with Crippen LogP contribution in [0.1, 0.15) is 30.9 Å². The molecule has 0 unspecified atom stereocenters. The summed E-state index contributed by atoms with van der Waals surface area (Å²) in [6.45, 7) is 13.0. The first kappa shape index (κ1) is 12.4. The lowest BCUT2D eigenvalue weighted by Gasteiger charge is -1.94. The first-order valence-electron chi connectivity index (χ1n) is 4.52. The summed E-state index contributed by atoms with van der Waals surface area (Å²) in [5.74, 6) is 1.13. The van der Waals surface area contributed by atoms with Gasteiger partial charge in [-0.25, -0.2) is 0 Å². The third kappa shape index (κ3) is 2.69. The maximum absolute atomic E-state index is 5.47. The van der Waals surface area contributed by atoms with Crippen LogP contribution < -0.4 is 11.5 Å². The molecule has 1 rings (SSSR count). The Morgan fingerprint density at radius 1 is 1.21 bits per heavy atom. The van der Waals surface area contributed by atoms with Gasteiger partial charge in [0.1, 0.15) is 5.76 Å². The molecule has 0 fully saturated rings. The standard InChI is InChI=1S/C9H12N2O.C2H6/c1-5-4-8(6(2)10)12-9(5)7(3)11;1-2/h4H,2-3,10-11H2,1H3;1-2H3. The molecule has 1 aromatic heterocycles. The molecule has 0 aromatic carbocycles. The van der Waals surface area contributed by atoms with Gasteiger partial charge in [0.05, 0.1) is 11.4 Å². The van der Waals surface area contributed by atoms with Gasteiger partial charge >= 0.3 is 0 Å². The smallest absolute Gasteiger partial charge is 0.152 e. The van der Waals surface area contributed by atoms with Crippen molar-refractivity contribution in [2.24, 2.45) is 11.5 Å². The fourth-order valence-corrected chi connectivity index (χ4v) is 0.959. The van der Waals surface area contributed by atoms with Crippen LogP contribution in [0.15, 0.2) is 23.6 Å². The Labute approximate surface area is 85.1 Å². The van der Waals surface area contributed by atoms with E-state index in [1.54, 1.807) is 6.07 Å². The molecule has 0 spiro atoms. The first-order chi connectivity index (χ1) is 6.52. The van der Waals surface area contributed by atoms with Crippen molar-refractivity contribution in [1.82, 2.24) is 0 Å². The van der Waals surface area contributed by atoms with Crippen molar-refractivity contribution in [3.05, 3.63) is 36.3 Å². The maximum Gasteiger partial charge on any atom is 0.152 e. The lowest BCUT2D eigenvalue weighted by molar-refractivity contribution is 0.536. The number of rotatable bonds is 2. The van der Waals surface area contributed by atoms with Crippen LogP contribution in [0, 0.1) is 6.92 Å². The van der Waals surface area contributed by atoms with E-state index in [0.717, 1.165) is 5.56 Å². The Morgan fingerprint density at radius 2 is 1.71 bits per heavy atom. The van der Waals surface area contributed by atoms with E-state index in [-0.39, 0.29) is 0 Å². The fourth-order valence-electron chi connectivity index (χ4n) is 0.959. The van der Waals surface area contributed by atoms with Crippen LogP contribution in [-0.2, 0) is 0 Å². The second-order valence-corrected chi connectivity index (χ2v) is 2.67. The second kappa shape index (κ2) is 5.17. The molecule has 78 valence electrons. The molecule has 0 amide bonds. The van der Waals surface area contributed by atoms with Crippen LogP contribution in [0.25, 0.3) is 11.4 Å². The number of furan rings is 1. The molecule has 0 aliphatic carbocycles. The Morgan fingerprint density at radius 3 is 1.93 bits per heavy atom. The second-order valence-electron chi connectivity index (χ2n) is 2.67. The maximum atomic E-state index is 5.47. The van der Waals surface area contributed by atoms with E-state index in [1.165, 1.54) is 0 Å². The van der Waals surface area contributed by atoms with Crippen LogP contribution in [-0.4, -0.2) is 0 Å². The van der Waals surface area contributed by atoms with Gasteiger partial charge in [0.15, 0.2) is 5.76 Å². The summed E-state index contributed by atoms with van der Waals surface area (Å²) in [6.07, 6.45) is 0.